The summed E-state index contributed by atoms with van der Waals surface area (Å²) in [6.07, 6.45) is 4.10. The van der Waals surface area contributed by atoms with Gasteiger partial charge in [0.2, 0.25) is 5.91 Å². The molecule has 1 fully saturated rings. The van der Waals surface area contributed by atoms with Crippen LogP contribution in [0.2, 0.25) is 0 Å². The molecule has 1 aliphatic heterocycles. The van der Waals surface area contributed by atoms with Gasteiger partial charge in [0.15, 0.2) is 5.58 Å². The first-order valence-corrected chi connectivity index (χ1v) is 9.23. The van der Waals surface area contributed by atoms with E-state index in [2.05, 4.69) is 39.6 Å². The number of anilines is 1. The van der Waals surface area contributed by atoms with Gasteiger partial charge in [0.1, 0.15) is 5.69 Å². The summed E-state index contributed by atoms with van der Waals surface area (Å²) in [5.74, 6) is -0.0517. The minimum Gasteiger partial charge on any atom is -0.372 e. The maximum Gasteiger partial charge on any atom is 0.226 e. The Balaban J connectivity index is 1.32. The molecule has 4 rings (SSSR count). The van der Waals surface area contributed by atoms with Gasteiger partial charge in [-0.25, -0.2) is 0 Å². The van der Waals surface area contributed by atoms with Crippen molar-refractivity contribution in [2.75, 3.05) is 18.0 Å². The fraction of sp³-hybridized carbons (Fsp3) is 0.333. The normalized spacial score (nSPS) is 14.5. The number of nitrogens with one attached hydrogen (secondary N) is 1. The number of piperidine rings is 1. The van der Waals surface area contributed by atoms with E-state index in [1.807, 2.05) is 24.3 Å². The van der Waals surface area contributed by atoms with Crippen LogP contribution in [0.15, 0.2) is 53.1 Å². The second-order valence-corrected chi connectivity index (χ2v) is 6.79. The minimum absolute atomic E-state index is 0.0517. The number of carbonyl (C=O) groups excluding carboxylic acids is 1. The molecule has 1 N–H and O–H groups in total. The molecule has 2 aromatic carbocycles. The first-order valence-electron chi connectivity index (χ1n) is 9.23. The van der Waals surface area contributed by atoms with Crippen LogP contribution in [-0.4, -0.2) is 24.2 Å². The lowest BCUT2D eigenvalue weighted by molar-refractivity contribution is -0.120. The van der Waals surface area contributed by atoms with Crippen molar-refractivity contribution >= 4 is 22.6 Å². The van der Waals surface area contributed by atoms with Crippen LogP contribution in [0.1, 0.15) is 30.5 Å². The van der Waals surface area contributed by atoms with Crippen molar-refractivity contribution in [1.82, 2.24) is 10.5 Å². The average molecular weight is 349 g/mol. The predicted octanol–water partition coefficient (Wildman–Crippen LogP) is 3.68. The monoisotopic (exact) mass is 349 g/mol. The Bertz CT molecular complexity index is 880. The fourth-order valence-electron chi connectivity index (χ4n) is 3.46. The number of rotatable bonds is 5. The highest BCUT2D eigenvalue weighted by Crippen LogP contribution is 2.20. The van der Waals surface area contributed by atoms with E-state index in [9.17, 15) is 4.79 Å². The van der Waals surface area contributed by atoms with Gasteiger partial charge in [0.25, 0.3) is 0 Å². The van der Waals surface area contributed by atoms with Gasteiger partial charge in [0, 0.05) is 30.7 Å². The summed E-state index contributed by atoms with van der Waals surface area (Å²) in [7, 11) is 0. The molecule has 1 aliphatic rings. The Morgan fingerprint density at radius 3 is 2.62 bits per heavy atom. The summed E-state index contributed by atoms with van der Waals surface area (Å²) in [4.78, 5) is 14.7. The first kappa shape index (κ1) is 16.6. The Morgan fingerprint density at radius 2 is 1.81 bits per heavy atom. The second-order valence-electron chi connectivity index (χ2n) is 6.79. The van der Waals surface area contributed by atoms with E-state index in [4.69, 9.17) is 4.52 Å². The number of amides is 1. The van der Waals surface area contributed by atoms with E-state index in [1.165, 1.54) is 24.9 Å². The highest BCUT2D eigenvalue weighted by Gasteiger charge is 2.13. The van der Waals surface area contributed by atoms with Crippen LogP contribution in [0, 0.1) is 0 Å². The summed E-state index contributed by atoms with van der Waals surface area (Å²) >= 11 is 0. The Morgan fingerprint density at radius 1 is 1.04 bits per heavy atom. The molecule has 26 heavy (non-hydrogen) atoms. The number of hydrogen-bond acceptors (Lipinski definition) is 4. The Labute approximate surface area is 153 Å². The Hall–Kier alpha value is -2.82. The molecule has 5 nitrogen and oxygen atoms in total. The van der Waals surface area contributed by atoms with E-state index in [0.29, 0.717) is 17.8 Å². The third-order valence-corrected chi connectivity index (χ3v) is 4.93. The van der Waals surface area contributed by atoms with Crippen molar-refractivity contribution in [3.8, 4) is 0 Å². The van der Waals surface area contributed by atoms with Gasteiger partial charge in [-0.05, 0) is 49.1 Å². The number of benzene rings is 2. The zero-order valence-corrected chi connectivity index (χ0v) is 14.8. The van der Waals surface area contributed by atoms with Gasteiger partial charge < -0.3 is 14.7 Å². The molecule has 5 heteroatoms. The second kappa shape index (κ2) is 7.60. The van der Waals surface area contributed by atoms with Crippen molar-refractivity contribution in [3.05, 3.63) is 59.8 Å². The van der Waals surface area contributed by atoms with Gasteiger partial charge >= 0.3 is 0 Å². The zero-order chi connectivity index (χ0) is 17.8. The van der Waals surface area contributed by atoms with E-state index in [1.54, 1.807) is 0 Å². The van der Waals surface area contributed by atoms with Gasteiger partial charge in [-0.3, -0.25) is 4.79 Å². The van der Waals surface area contributed by atoms with E-state index in [-0.39, 0.29) is 12.3 Å². The van der Waals surface area contributed by atoms with Crippen LogP contribution in [-0.2, 0) is 17.8 Å². The number of carbonyl (C=O) groups is 1. The topological polar surface area (TPSA) is 58.4 Å². The van der Waals surface area contributed by atoms with E-state index in [0.717, 1.165) is 24.0 Å². The van der Waals surface area contributed by atoms with Crippen molar-refractivity contribution in [3.63, 3.8) is 0 Å². The molecule has 1 saturated heterocycles. The molecular formula is C21H23N3O2. The summed E-state index contributed by atoms with van der Waals surface area (Å²) < 4.78 is 5.25. The molecule has 0 spiro atoms. The minimum atomic E-state index is -0.0517. The number of aromatic nitrogens is 1. The zero-order valence-electron chi connectivity index (χ0n) is 14.8. The molecule has 1 aromatic heterocycles. The van der Waals surface area contributed by atoms with Crippen molar-refractivity contribution in [1.29, 1.82) is 0 Å². The standard InChI is InChI=1S/C21H23N3O2/c25-21(14-19-18-6-2-3-7-20(18)26-23-19)22-15-16-8-10-17(11-9-16)24-12-4-1-5-13-24/h2-3,6-11H,1,4-5,12-15H2,(H,22,25). The fourth-order valence-corrected chi connectivity index (χ4v) is 3.46. The molecule has 1 amide bonds. The molecule has 0 bridgehead atoms. The number of hydrogen-bond donors (Lipinski definition) is 1. The third-order valence-electron chi connectivity index (χ3n) is 4.93. The lowest BCUT2D eigenvalue weighted by Crippen LogP contribution is -2.29. The molecular weight excluding hydrogens is 326 g/mol. The molecule has 0 atom stereocenters. The molecule has 0 radical (unpaired) electrons. The molecule has 2 heterocycles. The van der Waals surface area contributed by atoms with Gasteiger partial charge in [-0.2, -0.15) is 0 Å². The molecule has 134 valence electrons. The van der Waals surface area contributed by atoms with Crippen molar-refractivity contribution < 1.29 is 9.32 Å². The summed E-state index contributed by atoms with van der Waals surface area (Å²) in [6.45, 7) is 2.80. The average Bonchev–Trinajstić information content (AvgIpc) is 3.10. The maximum atomic E-state index is 12.2. The van der Waals surface area contributed by atoms with Crippen LogP contribution >= 0.6 is 0 Å². The van der Waals surface area contributed by atoms with E-state index >= 15 is 0 Å². The number of para-hydroxylation sites is 1. The summed E-state index contributed by atoms with van der Waals surface area (Å²) in [5.41, 5.74) is 3.76. The predicted molar refractivity (Wildman–Crippen MR) is 102 cm³/mol. The lowest BCUT2D eigenvalue weighted by atomic mass is 10.1. The number of fused-ring (bicyclic) bond motifs is 1. The summed E-state index contributed by atoms with van der Waals surface area (Å²) in [5, 5.41) is 7.88. The van der Waals surface area contributed by atoms with Crippen LogP contribution in [0.5, 0.6) is 0 Å². The SMILES string of the molecule is O=C(Cc1noc2ccccc12)NCc1ccc(N2CCCCC2)cc1. The summed E-state index contributed by atoms with van der Waals surface area (Å²) in [6, 6.07) is 16.1. The maximum absolute atomic E-state index is 12.2. The quantitative estimate of drug-likeness (QED) is 0.763. The van der Waals surface area contributed by atoms with Gasteiger partial charge in [-0.15, -0.1) is 0 Å². The third kappa shape index (κ3) is 3.72. The van der Waals surface area contributed by atoms with Gasteiger partial charge in [0.05, 0.1) is 6.42 Å². The van der Waals surface area contributed by atoms with E-state index < -0.39 is 0 Å². The first-order chi connectivity index (χ1) is 12.8. The van der Waals surface area contributed by atoms with Crippen molar-refractivity contribution in [2.45, 2.75) is 32.2 Å². The molecule has 3 aromatic rings. The smallest absolute Gasteiger partial charge is 0.226 e. The van der Waals surface area contributed by atoms with Crippen LogP contribution in [0.3, 0.4) is 0 Å². The molecule has 0 aliphatic carbocycles. The van der Waals surface area contributed by atoms with Crippen LogP contribution < -0.4 is 10.2 Å². The highest BCUT2D eigenvalue weighted by atomic mass is 16.5. The van der Waals surface area contributed by atoms with Crippen LogP contribution in [0.4, 0.5) is 5.69 Å². The van der Waals surface area contributed by atoms with Crippen LogP contribution in [0.25, 0.3) is 11.0 Å². The lowest BCUT2D eigenvalue weighted by Gasteiger charge is -2.28. The Kier molecular flexibility index (Phi) is 4.86. The largest absolute Gasteiger partial charge is 0.372 e. The number of nitrogens with zero attached hydrogens (tertiary/aromatic N) is 2. The van der Waals surface area contributed by atoms with Gasteiger partial charge in [-0.1, -0.05) is 29.4 Å². The molecule has 0 unspecified atom stereocenters. The van der Waals surface area contributed by atoms with Crippen molar-refractivity contribution in [2.24, 2.45) is 0 Å². The molecule has 0 saturated carbocycles. The highest BCUT2D eigenvalue weighted by molar-refractivity contribution is 5.86.